The zero-order chi connectivity index (χ0) is 19.3. The number of fused-ring (bicyclic) bond motifs is 2. The number of nitrogens with zero attached hydrogens (tertiary/aromatic N) is 2. The molecular weight excluding hydrogens is 378 g/mol. The average molecular weight is 401 g/mol. The van der Waals surface area contributed by atoms with E-state index in [0.29, 0.717) is 37.2 Å². The first kappa shape index (κ1) is 17.9. The van der Waals surface area contributed by atoms with Crippen molar-refractivity contribution in [1.82, 2.24) is 15.2 Å². The highest BCUT2D eigenvalue weighted by Gasteiger charge is 2.44. The number of hydrogen-bond acceptors (Lipinski definition) is 6. The number of rotatable bonds is 3. The summed E-state index contributed by atoms with van der Waals surface area (Å²) >= 11 is 1.56. The van der Waals surface area contributed by atoms with Crippen LogP contribution in [0.4, 0.5) is 0 Å². The Morgan fingerprint density at radius 3 is 2.79 bits per heavy atom. The van der Waals surface area contributed by atoms with Gasteiger partial charge in [-0.1, -0.05) is 0 Å². The molecule has 1 saturated carbocycles. The molecule has 1 spiro atoms. The molecule has 2 aromatic rings. The maximum atomic E-state index is 12.7. The van der Waals surface area contributed by atoms with Crippen molar-refractivity contribution in [3.8, 4) is 0 Å². The summed E-state index contributed by atoms with van der Waals surface area (Å²) < 4.78 is 11.4. The Labute approximate surface area is 167 Å². The van der Waals surface area contributed by atoms with Gasteiger partial charge in [-0.2, -0.15) is 0 Å². The number of carbonyl (C=O) groups excluding carboxylic acids is 2. The van der Waals surface area contributed by atoms with Crippen LogP contribution in [0.1, 0.15) is 62.0 Å². The van der Waals surface area contributed by atoms with E-state index in [1.54, 1.807) is 18.3 Å². The van der Waals surface area contributed by atoms with Crippen LogP contribution in [0.25, 0.3) is 0 Å². The normalized spacial score (nSPS) is 20.8. The lowest BCUT2D eigenvalue weighted by molar-refractivity contribution is -0.0906. The average Bonchev–Trinajstić information content (AvgIpc) is 3.22. The summed E-state index contributed by atoms with van der Waals surface area (Å²) in [6.07, 6.45) is 5.77. The van der Waals surface area contributed by atoms with E-state index >= 15 is 0 Å². The first-order valence-corrected chi connectivity index (χ1v) is 10.6. The predicted molar refractivity (Wildman–Crippen MR) is 103 cm³/mol. The number of aryl methyl sites for hydroxylation is 1. The minimum Gasteiger partial charge on any atom is -0.448 e. The minimum absolute atomic E-state index is 0.0335. The van der Waals surface area contributed by atoms with E-state index < -0.39 is 0 Å². The van der Waals surface area contributed by atoms with Crippen LogP contribution in [0.3, 0.4) is 0 Å². The van der Waals surface area contributed by atoms with E-state index in [-0.39, 0.29) is 17.4 Å². The molecule has 148 valence electrons. The number of carbonyl (C=O) groups is 2. The third kappa shape index (κ3) is 3.04. The zero-order valence-corrected chi connectivity index (χ0v) is 16.6. The molecule has 1 N–H and O–H groups in total. The van der Waals surface area contributed by atoms with E-state index in [9.17, 15) is 9.59 Å². The molecule has 1 saturated heterocycles. The smallest absolute Gasteiger partial charge is 0.276 e. The first-order chi connectivity index (χ1) is 13.6. The number of amides is 2. The molecule has 5 rings (SSSR count). The molecule has 28 heavy (non-hydrogen) atoms. The summed E-state index contributed by atoms with van der Waals surface area (Å²) in [7, 11) is 0. The number of ether oxygens (including phenoxy) is 1. The molecule has 0 bridgehead atoms. The quantitative estimate of drug-likeness (QED) is 0.855. The Morgan fingerprint density at radius 1 is 1.32 bits per heavy atom. The maximum absolute atomic E-state index is 12.7. The Balaban J connectivity index is 1.33. The minimum atomic E-state index is -0.383. The predicted octanol–water partition coefficient (Wildman–Crippen LogP) is 2.64. The number of hydrogen-bond donors (Lipinski definition) is 1. The molecule has 2 aromatic heterocycles. The highest BCUT2D eigenvalue weighted by atomic mass is 32.1. The second-order valence-corrected chi connectivity index (χ2v) is 8.91. The molecule has 1 aliphatic carbocycles. The molecule has 7 nitrogen and oxygen atoms in total. The molecule has 0 radical (unpaired) electrons. The van der Waals surface area contributed by atoms with Gasteiger partial charge in [0.15, 0.2) is 12.1 Å². The van der Waals surface area contributed by atoms with Gasteiger partial charge in [-0.3, -0.25) is 9.59 Å². The van der Waals surface area contributed by atoms with Crippen LogP contribution in [0, 0.1) is 6.92 Å². The highest BCUT2D eigenvalue weighted by Crippen LogP contribution is 2.45. The fraction of sp³-hybridized carbons (Fsp3) is 0.550. The third-order valence-corrected chi connectivity index (χ3v) is 7.28. The Morgan fingerprint density at radius 2 is 2.11 bits per heavy atom. The number of oxazole rings is 1. The lowest BCUT2D eigenvalue weighted by Crippen LogP contribution is -2.48. The maximum Gasteiger partial charge on any atom is 0.276 e. The molecule has 3 aliphatic rings. The molecule has 8 heteroatoms. The molecule has 0 aromatic carbocycles. The summed E-state index contributed by atoms with van der Waals surface area (Å²) in [5, 5.41) is 3.08. The SMILES string of the molecule is Cc1ocnc1C(=O)N1CCC2(CC1)OCCc1cc(C(=O)NC3CC3)sc12. The van der Waals surface area contributed by atoms with E-state index in [1.165, 1.54) is 16.8 Å². The van der Waals surface area contributed by atoms with Gasteiger partial charge in [-0.05, 0) is 50.7 Å². The van der Waals surface area contributed by atoms with Crippen LogP contribution >= 0.6 is 11.3 Å². The standard InChI is InChI=1S/C20H23N3O4S/c1-12-16(21-11-26-12)19(25)23-7-5-20(6-8-23)17-13(4-9-27-20)10-15(28-17)18(24)22-14-2-3-14/h10-11,14H,2-9H2,1H3,(H,22,24). The van der Waals surface area contributed by atoms with Crippen molar-refractivity contribution in [2.45, 2.75) is 50.7 Å². The number of aromatic nitrogens is 1. The van der Waals surface area contributed by atoms with Crippen LogP contribution in [-0.2, 0) is 16.8 Å². The summed E-state index contributed by atoms with van der Waals surface area (Å²) in [5.41, 5.74) is 1.23. The topological polar surface area (TPSA) is 84.7 Å². The monoisotopic (exact) mass is 401 g/mol. The van der Waals surface area contributed by atoms with E-state index in [0.717, 1.165) is 37.0 Å². The summed E-state index contributed by atoms with van der Waals surface area (Å²) in [6.45, 7) is 3.62. The first-order valence-electron chi connectivity index (χ1n) is 9.83. The van der Waals surface area contributed by atoms with Crippen LogP contribution in [0.2, 0.25) is 0 Å². The van der Waals surface area contributed by atoms with Gasteiger partial charge in [0, 0.05) is 24.0 Å². The number of likely N-dealkylation sites (tertiary alicyclic amines) is 1. The third-order valence-electron chi connectivity index (χ3n) is 5.91. The van der Waals surface area contributed by atoms with Crippen molar-refractivity contribution < 1.29 is 18.7 Å². The zero-order valence-electron chi connectivity index (χ0n) is 15.8. The molecule has 2 amide bonds. The van der Waals surface area contributed by atoms with Crippen molar-refractivity contribution in [3.63, 3.8) is 0 Å². The summed E-state index contributed by atoms with van der Waals surface area (Å²) in [5.74, 6) is 0.491. The van der Waals surface area contributed by atoms with Crippen LogP contribution in [0.15, 0.2) is 16.9 Å². The van der Waals surface area contributed by atoms with Gasteiger partial charge in [0.05, 0.1) is 11.5 Å². The number of nitrogens with one attached hydrogen (secondary N) is 1. The lowest BCUT2D eigenvalue weighted by atomic mass is 9.85. The van der Waals surface area contributed by atoms with Gasteiger partial charge in [0.2, 0.25) is 0 Å². The Bertz CT molecular complexity index is 922. The molecule has 0 atom stereocenters. The van der Waals surface area contributed by atoms with Crippen LogP contribution < -0.4 is 5.32 Å². The molecule has 2 fully saturated rings. The second kappa shape index (κ2) is 6.70. The lowest BCUT2D eigenvalue weighted by Gasteiger charge is -2.43. The van der Waals surface area contributed by atoms with Crippen LogP contribution in [0.5, 0.6) is 0 Å². The molecule has 4 heterocycles. The van der Waals surface area contributed by atoms with Gasteiger partial charge in [-0.15, -0.1) is 11.3 Å². The second-order valence-electron chi connectivity index (χ2n) is 7.85. The van der Waals surface area contributed by atoms with Gasteiger partial charge in [0.25, 0.3) is 11.8 Å². The molecule has 2 aliphatic heterocycles. The number of thiophene rings is 1. The summed E-state index contributed by atoms with van der Waals surface area (Å²) in [6, 6.07) is 2.39. The largest absolute Gasteiger partial charge is 0.448 e. The fourth-order valence-corrected chi connectivity index (χ4v) is 5.43. The van der Waals surface area contributed by atoms with Gasteiger partial charge >= 0.3 is 0 Å². The van der Waals surface area contributed by atoms with Gasteiger partial charge < -0.3 is 19.4 Å². The van der Waals surface area contributed by atoms with Crippen molar-refractivity contribution >= 4 is 23.2 Å². The fourth-order valence-electron chi connectivity index (χ4n) is 4.12. The van der Waals surface area contributed by atoms with E-state index in [1.807, 2.05) is 11.0 Å². The van der Waals surface area contributed by atoms with Crippen molar-refractivity contribution in [2.24, 2.45) is 0 Å². The molecule has 0 unspecified atom stereocenters. The van der Waals surface area contributed by atoms with Crippen LogP contribution in [-0.4, -0.2) is 47.4 Å². The van der Waals surface area contributed by atoms with E-state index in [2.05, 4.69) is 10.3 Å². The van der Waals surface area contributed by atoms with Gasteiger partial charge in [0.1, 0.15) is 11.4 Å². The number of piperidine rings is 1. The van der Waals surface area contributed by atoms with Crippen molar-refractivity contribution in [3.05, 3.63) is 39.2 Å². The summed E-state index contributed by atoms with van der Waals surface area (Å²) in [4.78, 5) is 33.0. The van der Waals surface area contributed by atoms with Gasteiger partial charge in [-0.25, -0.2) is 4.98 Å². The van der Waals surface area contributed by atoms with E-state index in [4.69, 9.17) is 9.15 Å². The Kier molecular flexibility index (Phi) is 4.28. The molecular formula is C20H23N3O4S. The Hall–Kier alpha value is -2.19. The van der Waals surface area contributed by atoms with Crippen molar-refractivity contribution in [1.29, 1.82) is 0 Å². The van der Waals surface area contributed by atoms with Crippen molar-refractivity contribution in [2.75, 3.05) is 19.7 Å². The highest BCUT2D eigenvalue weighted by molar-refractivity contribution is 7.14.